The fourth-order valence-corrected chi connectivity index (χ4v) is 1.36. The number of para-hydroxylation sites is 1. The molecule has 0 heterocycles. The van der Waals surface area contributed by atoms with Crippen LogP contribution in [0.4, 0.5) is 0 Å². The molecule has 0 unspecified atom stereocenters. The molecule has 0 aliphatic rings. The quantitative estimate of drug-likeness (QED) is 0.428. The van der Waals surface area contributed by atoms with Gasteiger partial charge >= 0.3 is 0 Å². The Kier molecular flexibility index (Phi) is 7.56. The summed E-state index contributed by atoms with van der Waals surface area (Å²) in [4.78, 5) is 0. The van der Waals surface area contributed by atoms with Crippen LogP contribution < -0.4 is 10.1 Å². The molecule has 0 amide bonds. The first-order valence-electron chi connectivity index (χ1n) is 5.53. The second-order valence-corrected chi connectivity index (χ2v) is 3.65. The highest BCUT2D eigenvalue weighted by Gasteiger charge is 1.90. The number of ether oxygens (including phenoxy) is 1. The number of hydrogen-bond acceptors (Lipinski definition) is 2. The summed E-state index contributed by atoms with van der Waals surface area (Å²) >= 11 is 5.50. The van der Waals surface area contributed by atoms with E-state index in [0.29, 0.717) is 5.88 Å². The molecule has 0 fully saturated rings. The van der Waals surface area contributed by atoms with Crippen LogP contribution in [0.3, 0.4) is 0 Å². The van der Waals surface area contributed by atoms with E-state index in [4.69, 9.17) is 16.3 Å². The van der Waals surface area contributed by atoms with E-state index in [9.17, 15) is 0 Å². The standard InChI is InChI=1S/C13H18ClNO/c14-9-4-5-10-15-11-6-12-16-13-7-2-1-3-8-13/h1-5,7-8,15H,6,9-12H2/b5-4+. The topological polar surface area (TPSA) is 21.3 Å². The summed E-state index contributed by atoms with van der Waals surface area (Å²) in [5.41, 5.74) is 0. The average Bonchev–Trinajstić information content (AvgIpc) is 2.34. The molecule has 0 aromatic heterocycles. The van der Waals surface area contributed by atoms with Crippen LogP contribution in [0.25, 0.3) is 0 Å². The second-order valence-electron chi connectivity index (χ2n) is 3.34. The Balaban J connectivity index is 1.94. The summed E-state index contributed by atoms with van der Waals surface area (Å²) in [6.45, 7) is 2.58. The van der Waals surface area contributed by atoms with E-state index in [1.165, 1.54) is 0 Å². The highest BCUT2D eigenvalue weighted by Crippen LogP contribution is 2.07. The zero-order chi connectivity index (χ0) is 11.5. The minimum Gasteiger partial charge on any atom is -0.494 e. The molecular formula is C13H18ClNO. The van der Waals surface area contributed by atoms with E-state index in [0.717, 1.165) is 31.9 Å². The third-order valence-electron chi connectivity index (χ3n) is 2.03. The molecule has 1 aromatic carbocycles. The molecule has 2 nitrogen and oxygen atoms in total. The molecule has 0 bridgehead atoms. The normalized spacial score (nSPS) is 10.8. The van der Waals surface area contributed by atoms with Crippen LogP contribution in [-0.2, 0) is 0 Å². The van der Waals surface area contributed by atoms with Crippen molar-refractivity contribution in [2.75, 3.05) is 25.6 Å². The Bertz CT molecular complexity index is 287. The van der Waals surface area contributed by atoms with Gasteiger partial charge in [-0.25, -0.2) is 0 Å². The van der Waals surface area contributed by atoms with Gasteiger partial charge in [0.25, 0.3) is 0 Å². The van der Waals surface area contributed by atoms with Gasteiger partial charge in [0.1, 0.15) is 5.75 Å². The minimum absolute atomic E-state index is 0.582. The van der Waals surface area contributed by atoms with Gasteiger partial charge in [0.15, 0.2) is 0 Å². The number of halogens is 1. The van der Waals surface area contributed by atoms with E-state index in [-0.39, 0.29) is 0 Å². The fourth-order valence-electron chi connectivity index (χ4n) is 1.24. The number of alkyl halides is 1. The Morgan fingerprint density at radius 3 is 2.75 bits per heavy atom. The molecule has 88 valence electrons. The first-order chi connectivity index (χ1) is 7.93. The molecule has 1 N–H and O–H groups in total. The van der Waals surface area contributed by atoms with Crippen LogP contribution in [0.5, 0.6) is 5.75 Å². The van der Waals surface area contributed by atoms with Crippen molar-refractivity contribution in [3.8, 4) is 5.75 Å². The van der Waals surface area contributed by atoms with E-state index in [2.05, 4.69) is 5.32 Å². The van der Waals surface area contributed by atoms with Crippen molar-refractivity contribution < 1.29 is 4.74 Å². The Morgan fingerprint density at radius 1 is 1.19 bits per heavy atom. The number of hydrogen-bond donors (Lipinski definition) is 1. The highest BCUT2D eigenvalue weighted by atomic mass is 35.5. The summed E-state index contributed by atoms with van der Waals surface area (Å²) in [6, 6.07) is 9.87. The lowest BCUT2D eigenvalue weighted by Crippen LogP contribution is -2.17. The third kappa shape index (κ3) is 6.49. The maximum atomic E-state index is 5.55. The summed E-state index contributed by atoms with van der Waals surface area (Å²) in [7, 11) is 0. The second kappa shape index (κ2) is 9.25. The van der Waals surface area contributed by atoms with Gasteiger partial charge in [-0.05, 0) is 25.1 Å². The summed E-state index contributed by atoms with van der Waals surface area (Å²) < 4.78 is 5.55. The van der Waals surface area contributed by atoms with E-state index < -0.39 is 0 Å². The van der Waals surface area contributed by atoms with Crippen molar-refractivity contribution >= 4 is 11.6 Å². The van der Waals surface area contributed by atoms with E-state index in [1.54, 1.807) is 0 Å². The molecule has 0 aliphatic carbocycles. The largest absolute Gasteiger partial charge is 0.494 e. The lowest BCUT2D eigenvalue weighted by molar-refractivity contribution is 0.309. The maximum absolute atomic E-state index is 5.55. The van der Waals surface area contributed by atoms with Gasteiger partial charge in [0.2, 0.25) is 0 Å². The predicted molar refractivity (Wildman–Crippen MR) is 69.3 cm³/mol. The lowest BCUT2D eigenvalue weighted by atomic mass is 10.3. The van der Waals surface area contributed by atoms with Crippen LogP contribution in [0.15, 0.2) is 42.5 Å². The molecule has 1 rings (SSSR count). The van der Waals surface area contributed by atoms with Gasteiger partial charge in [0, 0.05) is 12.4 Å². The molecular weight excluding hydrogens is 222 g/mol. The lowest BCUT2D eigenvalue weighted by Gasteiger charge is -2.05. The zero-order valence-electron chi connectivity index (χ0n) is 9.36. The summed E-state index contributed by atoms with van der Waals surface area (Å²) in [5.74, 6) is 1.52. The molecule has 0 atom stereocenters. The number of allylic oxidation sites excluding steroid dienone is 1. The highest BCUT2D eigenvalue weighted by molar-refractivity contribution is 6.18. The van der Waals surface area contributed by atoms with Crippen molar-refractivity contribution in [2.24, 2.45) is 0 Å². The van der Waals surface area contributed by atoms with Crippen molar-refractivity contribution in [3.05, 3.63) is 42.5 Å². The maximum Gasteiger partial charge on any atom is 0.119 e. The fraction of sp³-hybridized carbons (Fsp3) is 0.385. The first-order valence-corrected chi connectivity index (χ1v) is 6.06. The van der Waals surface area contributed by atoms with Crippen LogP contribution >= 0.6 is 11.6 Å². The molecule has 0 aliphatic heterocycles. The molecule has 0 saturated carbocycles. The van der Waals surface area contributed by atoms with E-state index >= 15 is 0 Å². The molecule has 16 heavy (non-hydrogen) atoms. The van der Waals surface area contributed by atoms with Gasteiger partial charge in [-0.3, -0.25) is 0 Å². The molecule has 1 aromatic rings. The van der Waals surface area contributed by atoms with Crippen LogP contribution in [-0.4, -0.2) is 25.6 Å². The summed E-state index contributed by atoms with van der Waals surface area (Å²) in [6.07, 6.45) is 4.98. The molecule has 0 radical (unpaired) electrons. The van der Waals surface area contributed by atoms with Crippen LogP contribution in [0.1, 0.15) is 6.42 Å². The monoisotopic (exact) mass is 239 g/mol. The van der Waals surface area contributed by atoms with Gasteiger partial charge in [-0.15, -0.1) is 11.6 Å². The molecule has 0 saturated heterocycles. The smallest absolute Gasteiger partial charge is 0.119 e. The van der Waals surface area contributed by atoms with E-state index in [1.807, 2.05) is 42.5 Å². The van der Waals surface area contributed by atoms with Crippen molar-refractivity contribution in [3.63, 3.8) is 0 Å². The average molecular weight is 240 g/mol. The van der Waals surface area contributed by atoms with Crippen molar-refractivity contribution in [1.29, 1.82) is 0 Å². The first kappa shape index (κ1) is 13.1. The number of rotatable bonds is 8. The number of nitrogens with one attached hydrogen (secondary N) is 1. The predicted octanol–water partition coefficient (Wildman–Crippen LogP) is 2.84. The SMILES string of the molecule is ClC/C=C/CNCCCOc1ccccc1. The zero-order valence-corrected chi connectivity index (χ0v) is 10.1. The van der Waals surface area contributed by atoms with Crippen LogP contribution in [0, 0.1) is 0 Å². The minimum atomic E-state index is 0.582. The van der Waals surface area contributed by atoms with Gasteiger partial charge in [0.05, 0.1) is 6.61 Å². The van der Waals surface area contributed by atoms with Gasteiger partial charge in [-0.2, -0.15) is 0 Å². The Morgan fingerprint density at radius 2 is 2.00 bits per heavy atom. The summed E-state index contributed by atoms with van der Waals surface area (Å²) in [5, 5.41) is 3.28. The van der Waals surface area contributed by atoms with Crippen LogP contribution in [0.2, 0.25) is 0 Å². The molecule has 3 heteroatoms. The number of benzene rings is 1. The third-order valence-corrected chi connectivity index (χ3v) is 2.21. The van der Waals surface area contributed by atoms with Gasteiger partial charge < -0.3 is 10.1 Å². The Labute approximate surface area is 102 Å². The van der Waals surface area contributed by atoms with Crippen molar-refractivity contribution in [2.45, 2.75) is 6.42 Å². The molecule has 0 spiro atoms. The van der Waals surface area contributed by atoms with Gasteiger partial charge in [-0.1, -0.05) is 30.4 Å². The van der Waals surface area contributed by atoms with Crippen molar-refractivity contribution in [1.82, 2.24) is 5.32 Å². The Hall–Kier alpha value is -0.990.